The van der Waals surface area contributed by atoms with Gasteiger partial charge in [0.2, 0.25) is 0 Å². The highest BCUT2D eigenvalue weighted by molar-refractivity contribution is 5.87. The lowest BCUT2D eigenvalue weighted by molar-refractivity contribution is 0.0697. The van der Waals surface area contributed by atoms with E-state index in [1.54, 1.807) is 19.2 Å². The van der Waals surface area contributed by atoms with Crippen molar-refractivity contribution in [3.05, 3.63) is 47.0 Å². The Morgan fingerprint density at radius 3 is 2.74 bits per heavy atom. The molecule has 1 aliphatic rings. The molecule has 0 radical (unpaired) electrons. The molecule has 0 unspecified atom stereocenters. The van der Waals surface area contributed by atoms with E-state index in [1.165, 1.54) is 0 Å². The number of H-pyrrole nitrogens is 1. The number of hydrogen-bond acceptors (Lipinski definition) is 5. The molecule has 122 valence electrons. The highest BCUT2D eigenvalue weighted by atomic mass is 16.5. The molecule has 0 spiro atoms. The van der Waals surface area contributed by atoms with Gasteiger partial charge in [-0.1, -0.05) is 12.1 Å². The number of aromatic amines is 1. The van der Waals surface area contributed by atoms with Gasteiger partial charge >= 0.3 is 5.97 Å². The summed E-state index contributed by atoms with van der Waals surface area (Å²) in [4.78, 5) is 17.7. The number of aryl methyl sites for hydroxylation is 1. The standard InChI is InChI=1S/C16H20N4O3/c1-10-17-15(19-18-10)14-7-13(23-2)9-20(14)8-11-3-5-12(6-4-11)16(21)22/h3-6,13-14H,7-9H2,1-2H3,(H,21,22)(H,17,18,19)/t13-,14+/m1/s1. The van der Waals surface area contributed by atoms with Gasteiger partial charge in [-0.3, -0.25) is 10.00 Å². The number of aromatic nitrogens is 3. The first-order chi connectivity index (χ1) is 11.1. The van der Waals surface area contributed by atoms with Gasteiger partial charge in [0.15, 0.2) is 5.82 Å². The van der Waals surface area contributed by atoms with Crippen molar-refractivity contribution in [2.24, 2.45) is 0 Å². The van der Waals surface area contributed by atoms with Gasteiger partial charge in [-0.05, 0) is 31.0 Å². The fraction of sp³-hybridized carbons (Fsp3) is 0.438. The average molecular weight is 316 g/mol. The number of aromatic carboxylic acids is 1. The highest BCUT2D eigenvalue weighted by Crippen LogP contribution is 2.32. The number of nitrogens with zero attached hydrogens (tertiary/aromatic N) is 3. The van der Waals surface area contributed by atoms with Crippen molar-refractivity contribution in [2.45, 2.75) is 32.0 Å². The van der Waals surface area contributed by atoms with Crippen LogP contribution in [0.25, 0.3) is 0 Å². The van der Waals surface area contributed by atoms with E-state index in [0.29, 0.717) is 12.1 Å². The quantitative estimate of drug-likeness (QED) is 0.873. The second kappa shape index (κ2) is 6.47. The summed E-state index contributed by atoms with van der Waals surface area (Å²) in [7, 11) is 1.72. The van der Waals surface area contributed by atoms with Crippen LogP contribution in [0.4, 0.5) is 0 Å². The molecule has 2 atom stereocenters. The topological polar surface area (TPSA) is 91.3 Å². The number of likely N-dealkylation sites (tertiary alicyclic amines) is 1. The summed E-state index contributed by atoms with van der Waals surface area (Å²) in [5, 5.41) is 16.1. The Morgan fingerprint density at radius 2 is 2.17 bits per heavy atom. The van der Waals surface area contributed by atoms with Crippen LogP contribution in [0.3, 0.4) is 0 Å². The van der Waals surface area contributed by atoms with Gasteiger partial charge in [-0.25, -0.2) is 9.78 Å². The fourth-order valence-electron chi connectivity index (χ4n) is 2.97. The van der Waals surface area contributed by atoms with Crippen molar-refractivity contribution < 1.29 is 14.6 Å². The maximum absolute atomic E-state index is 10.9. The third kappa shape index (κ3) is 3.40. The smallest absolute Gasteiger partial charge is 0.335 e. The minimum absolute atomic E-state index is 0.101. The molecule has 1 fully saturated rings. The van der Waals surface area contributed by atoms with Crippen LogP contribution in [0.15, 0.2) is 24.3 Å². The minimum Gasteiger partial charge on any atom is -0.478 e. The van der Waals surface area contributed by atoms with Gasteiger partial charge in [-0.2, -0.15) is 5.10 Å². The van der Waals surface area contributed by atoms with Crippen LogP contribution in [0.5, 0.6) is 0 Å². The molecule has 7 heteroatoms. The maximum Gasteiger partial charge on any atom is 0.335 e. The zero-order chi connectivity index (χ0) is 16.4. The van der Waals surface area contributed by atoms with Crippen LogP contribution < -0.4 is 0 Å². The molecule has 0 saturated carbocycles. The molecule has 0 bridgehead atoms. The van der Waals surface area contributed by atoms with Crippen LogP contribution in [-0.4, -0.2) is 50.9 Å². The zero-order valence-electron chi connectivity index (χ0n) is 13.2. The normalized spacial score (nSPS) is 21.7. The molecule has 1 saturated heterocycles. The molecular weight excluding hydrogens is 296 g/mol. The Kier molecular flexibility index (Phi) is 4.40. The van der Waals surface area contributed by atoms with Gasteiger partial charge in [-0.15, -0.1) is 0 Å². The number of nitrogens with one attached hydrogen (secondary N) is 1. The van der Waals surface area contributed by atoms with Gasteiger partial charge in [0, 0.05) is 20.2 Å². The Hall–Kier alpha value is -2.25. The summed E-state index contributed by atoms with van der Waals surface area (Å²) in [6, 6.07) is 7.07. The molecule has 0 amide bonds. The predicted molar refractivity (Wildman–Crippen MR) is 83.1 cm³/mol. The molecule has 2 heterocycles. The average Bonchev–Trinajstić information content (AvgIpc) is 3.14. The molecule has 1 aromatic carbocycles. The lowest BCUT2D eigenvalue weighted by atomic mass is 10.1. The SMILES string of the molecule is CO[C@@H]1C[C@@H](c2n[nH]c(C)n2)N(Cc2ccc(C(=O)O)cc2)C1. The van der Waals surface area contributed by atoms with E-state index >= 15 is 0 Å². The molecular formula is C16H20N4O3. The number of rotatable bonds is 5. The number of ether oxygens (including phenoxy) is 1. The van der Waals surface area contributed by atoms with Crippen molar-refractivity contribution in [1.82, 2.24) is 20.1 Å². The van der Waals surface area contributed by atoms with Gasteiger partial charge in [0.25, 0.3) is 0 Å². The van der Waals surface area contributed by atoms with Crippen LogP contribution in [0.2, 0.25) is 0 Å². The maximum atomic E-state index is 10.9. The largest absolute Gasteiger partial charge is 0.478 e. The van der Waals surface area contributed by atoms with Crippen LogP contribution >= 0.6 is 0 Å². The fourth-order valence-corrected chi connectivity index (χ4v) is 2.97. The number of carboxylic acid groups (broad SMARTS) is 1. The number of hydrogen-bond donors (Lipinski definition) is 2. The van der Waals surface area contributed by atoms with E-state index in [1.807, 2.05) is 19.1 Å². The Labute approximate surface area is 134 Å². The van der Waals surface area contributed by atoms with Crippen molar-refractivity contribution in [3.63, 3.8) is 0 Å². The predicted octanol–water partition coefficient (Wildman–Crippen LogP) is 1.77. The highest BCUT2D eigenvalue weighted by Gasteiger charge is 2.35. The van der Waals surface area contributed by atoms with E-state index in [-0.39, 0.29) is 12.1 Å². The minimum atomic E-state index is -0.911. The number of carbonyl (C=O) groups is 1. The molecule has 7 nitrogen and oxygen atoms in total. The molecule has 2 aromatic rings. The Bertz CT molecular complexity index is 683. The van der Waals surface area contributed by atoms with Gasteiger partial charge in [0.1, 0.15) is 5.82 Å². The molecule has 1 aromatic heterocycles. The number of methoxy groups -OCH3 is 1. The first kappa shape index (κ1) is 15.6. The van der Waals surface area contributed by atoms with E-state index in [0.717, 1.165) is 30.2 Å². The van der Waals surface area contributed by atoms with E-state index in [2.05, 4.69) is 20.1 Å². The summed E-state index contributed by atoms with van der Waals surface area (Å²) in [5.41, 5.74) is 1.36. The molecule has 3 rings (SSSR count). The molecule has 1 aliphatic heterocycles. The molecule has 0 aliphatic carbocycles. The van der Waals surface area contributed by atoms with Crippen molar-refractivity contribution in [1.29, 1.82) is 0 Å². The molecule has 2 N–H and O–H groups in total. The summed E-state index contributed by atoms with van der Waals surface area (Å²) in [6.07, 6.45) is 0.998. The summed E-state index contributed by atoms with van der Waals surface area (Å²) < 4.78 is 5.50. The second-order valence-electron chi connectivity index (χ2n) is 5.82. The van der Waals surface area contributed by atoms with Crippen LogP contribution in [-0.2, 0) is 11.3 Å². The molecule has 23 heavy (non-hydrogen) atoms. The Morgan fingerprint density at radius 1 is 1.43 bits per heavy atom. The van der Waals surface area contributed by atoms with Crippen molar-refractivity contribution in [2.75, 3.05) is 13.7 Å². The third-order valence-corrected chi connectivity index (χ3v) is 4.20. The summed E-state index contributed by atoms with van der Waals surface area (Å²) >= 11 is 0. The van der Waals surface area contributed by atoms with Crippen molar-refractivity contribution in [3.8, 4) is 0 Å². The first-order valence-corrected chi connectivity index (χ1v) is 7.55. The van der Waals surface area contributed by atoms with Crippen LogP contribution in [0, 0.1) is 6.92 Å². The summed E-state index contributed by atoms with van der Waals surface area (Å²) in [6.45, 7) is 3.39. The number of carboxylic acids is 1. The van der Waals surface area contributed by atoms with E-state index in [4.69, 9.17) is 9.84 Å². The van der Waals surface area contributed by atoms with Gasteiger partial charge < -0.3 is 9.84 Å². The Balaban J connectivity index is 1.77. The van der Waals surface area contributed by atoms with Gasteiger partial charge in [0.05, 0.1) is 17.7 Å². The van der Waals surface area contributed by atoms with Crippen LogP contribution in [0.1, 0.15) is 40.0 Å². The summed E-state index contributed by atoms with van der Waals surface area (Å²) in [5.74, 6) is 0.669. The third-order valence-electron chi connectivity index (χ3n) is 4.20. The number of benzene rings is 1. The first-order valence-electron chi connectivity index (χ1n) is 7.55. The van der Waals surface area contributed by atoms with E-state index in [9.17, 15) is 4.79 Å². The lowest BCUT2D eigenvalue weighted by Gasteiger charge is -2.22. The van der Waals surface area contributed by atoms with Crippen molar-refractivity contribution >= 4 is 5.97 Å². The zero-order valence-corrected chi connectivity index (χ0v) is 13.2. The monoisotopic (exact) mass is 316 g/mol. The second-order valence-corrected chi connectivity index (χ2v) is 5.82. The van der Waals surface area contributed by atoms with E-state index < -0.39 is 5.97 Å². The lowest BCUT2D eigenvalue weighted by Crippen LogP contribution is -2.25.